The lowest BCUT2D eigenvalue weighted by Crippen LogP contribution is -2.49. The van der Waals surface area contributed by atoms with Crippen LogP contribution in [0.5, 0.6) is 11.5 Å². The summed E-state index contributed by atoms with van der Waals surface area (Å²) in [6.45, 7) is 7.01. The van der Waals surface area contributed by atoms with Crippen LogP contribution < -0.4 is 14.2 Å². The number of likely N-dealkylation sites (N-methyl/N-ethyl adjacent to an activating group) is 1. The first-order valence-electron chi connectivity index (χ1n) is 10.4. The van der Waals surface area contributed by atoms with Crippen LogP contribution in [0.1, 0.15) is 31.4 Å². The Morgan fingerprint density at radius 2 is 1.77 bits per heavy atom. The van der Waals surface area contributed by atoms with Gasteiger partial charge < -0.3 is 14.4 Å². The first-order chi connectivity index (χ1) is 14.7. The second-order valence-electron chi connectivity index (χ2n) is 8.12. The number of fused-ring (bicyclic) bond motifs is 1. The minimum Gasteiger partial charge on any atom is -0.490 e. The van der Waals surface area contributed by atoms with Gasteiger partial charge in [0.25, 0.3) is 0 Å². The maximum absolute atomic E-state index is 13.1. The molecule has 3 rings (SSSR count). The average Bonchev–Trinajstić information content (AvgIpc) is 2.98. The van der Waals surface area contributed by atoms with Crippen LogP contribution >= 0.6 is 0 Å². The molecule has 2 aromatic rings. The minimum atomic E-state index is -3.94. The second kappa shape index (κ2) is 9.70. The van der Waals surface area contributed by atoms with Gasteiger partial charge in [0.2, 0.25) is 15.9 Å². The fraction of sp³-hybridized carbons (Fsp3) is 0.435. The van der Waals surface area contributed by atoms with Gasteiger partial charge in [-0.05, 0) is 36.1 Å². The molecule has 1 aliphatic rings. The van der Waals surface area contributed by atoms with Crippen LogP contribution in [-0.4, -0.2) is 45.5 Å². The lowest BCUT2D eigenvalue weighted by atomic mass is 10.0. The zero-order valence-corrected chi connectivity index (χ0v) is 19.2. The third-order valence-corrected chi connectivity index (χ3v) is 6.73. The molecule has 0 saturated carbocycles. The molecule has 1 heterocycles. The molecular weight excluding hydrogens is 416 g/mol. The number of nitrogens with zero attached hydrogens (tertiary/aromatic N) is 1. The summed E-state index contributed by atoms with van der Waals surface area (Å²) < 4.78 is 39.9. The van der Waals surface area contributed by atoms with Gasteiger partial charge in [0, 0.05) is 26.1 Å². The first-order valence-corrected chi connectivity index (χ1v) is 11.9. The number of sulfonamides is 1. The van der Waals surface area contributed by atoms with Gasteiger partial charge in [0.05, 0.1) is 18.1 Å². The van der Waals surface area contributed by atoms with E-state index in [2.05, 4.69) is 4.72 Å². The molecule has 2 aromatic carbocycles. The minimum absolute atomic E-state index is 0.0387. The van der Waals surface area contributed by atoms with E-state index in [0.29, 0.717) is 31.3 Å². The number of carbonyl (C=O) groups is 1. The number of amides is 1. The van der Waals surface area contributed by atoms with E-state index in [1.807, 2.05) is 45.0 Å². The maximum Gasteiger partial charge on any atom is 0.241 e. The summed E-state index contributed by atoms with van der Waals surface area (Å²) in [5.74, 6) is 0.397. The molecule has 1 N–H and O–H groups in total. The molecule has 1 aliphatic heterocycles. The van der Waals surface area contributed by atoms with Crippen LogP contribution in [0.4, 0.5) is 0 Å². The Balaban J connectivity index is 1.79. The molecule has 168 valence electrons. The highest BCUT2D eigenvalue weighted by atomic mass is 32.2. The van der Waals surface area contributed by atoms with E-state index >= 15 is 0 Å². The summed E-state index contributed by atoms with van der Waals surface area (Å²) in [4.78, 5) is 14.7. The van der Waals surface area contributed by atoms with Crippen molar-refractivity contribution < 1.29 is 22.7 Å². The van der Waals surface area contributed by atoms with E-state index in [4.69, 9.17) is 9.47 Å². The first kappa shape index (κ1) is 23.1. The summed E-state index contributed by atoms with van der Waals surface area (Å²) in [5.41, 5.74) is 2.10. The lowest BCUT2D eigenvalue weighted by molar-refractivity contribution is -0.133. The highest BCUT2D eigenvalue weighted by Gasteiger charge is 2.31. The van der Waals surface area contributed by atoms with Gasteiger partial charge in [-0.15, -0.1) is 0 Å². The van der Waals surface area contributed by atoms with Gasteiger partial charge in [0.1, 0.15) is 6.04 Å². The number of aryl methyl sites for hydroxylation is 1. The third kappa shape index (κ3) is 5.57. The Bertz CT molecular complexity index is 1040. The molecular formula is C23H30N2O5S. The van der Waals surface area contributed by atoms with Crippen LogP contribution in [0.25, 0.3) is 0 Å². The molecule has 1 amide bonds. The molecule has 0 aromatic heterocycles. The molecule has 1 atom stereocenters. The van der Waals surface area contributed by atoms with Crippen molar-refractivity contribution in [3.8, 4) is 11.5 Å². The second-order valence-corrected chi connectivity index (χ2v) is 9.84. The molecule has 0 aliphatic carbocycles. The highest BCUT2D eigenvalue weighted by Crippen LogP contribution is 2.32. The number of nitrogens with one attached hydrogen (secondary N) is 1. The molecule has 1 unspecified atom stereocenters. The number of hydrogen-bond donors (Lipinski definition) is 1. The van der Waals surface area contributed by atoms with E-state index in [-0.39, 0.29) is 16.7 Å². The predicted molar refractivity (Wildman–Crippen MR) is 119 cm³/mol. The number of rotatable bonds is 7. The SMILES string of the molecule is Cc1ccccc1CN(C)C(=O)C(NS(=O)(=O)c1ccc2c(c1)OCCCO2)C(C)C. The van der Waals surface area contributed by atoms with Gasteiger partial charge in [-0.25, -0.2) is 8.42 Å². The largest absolute Gasteiger partial charge is 0.490 e. The molecule has 0 radical (unpaired) electrons. The molecule has 0 spiro atoms. The van der Waals surface area contributed by atoms with Crippen molar-refractivity contribution in [2.75, 3.05) is 20.3 Å². The van der Waals surface area contributed by atoms with Gasteiger partial charge >= 0.3 is 0 Å². The Morgan fingerprint density at radius 1 is 1.10 bits per heavy atom. The summed E-state index contributed by atoms with van der Waals surface area (Å²) in [7, 11) is -2.26. The standard InChI is InChI=1S/C23H30N2O5S/c1-16(2)22(23(26)25(4)15-18-9-6-5-8-17(18)3)24-31(27,28)19-10-11-20-21(14-19)30-13-7-12-29-20/h5-6,8-11,14,16,22,24H,7,12-13,15H2,1-4H3. The van der Waals surface area contributed by atoms with E-state index in [1.54, 1.807) is 18.0 Å². The Hall–Kier alpha value is -2.58. The quantitative estimate of drug-likeness (QED) is 0.706. The van der Waals surface area contributed by atoms with Crippen molar-refractivity contribution in [1.29, 1.82) is 0 Å². The molecule has 8 heteroatoms. The zero-order valence-electron chi connectivity index (χ0n) is 18.4. The van der Waals surface area contributed by atoms with Crippen molar-refractivity contribution in [3.05, 3.63) is 53.6 Å². The summed E-state index contributed by atoms with van der Waals surface area (Å²) in [5, 5.41) is 0. The Labute approximate surface area is 184 Å². The van der Waals surface area contributed by atoms with Gasteiger partial charge in [-0.1, -0.05) is 38.1 Å². The molecule has 0 fully saturated rings. The number of ether oxygens (including phenoxy) is 2. The highest BCUT2D eigenvalue weighted by molar-refractivity contribution is 7.89. The number of carbonyl (C=O) groups excluding carboxylic acids is 1. The molecule has 0 saturated heterocycles. The van der Waals surface area contributed by atoms with Crippen molar-refractivity contribution >= 4 is 15.9 Å². The fourth-order valence-corrected chi connectivity index (χ4v) is 4.73. The van der Waals surface area contributed by atoms with Crippen LogP contribution in [-0.2, 0) is 21.4 Å². The smallest absolute Gasteiger partial charge is 0.241 e. The van der Waals surface area contributed by atoms with E-state index < -0.39 is 16.1 Å². The van der Waals surface area contributed by atoms with E-state index in [9.17, 15) is 13.2 Å². The number of hydrogen-bond acceptors (Lipinski definition) is 5. The maximum atomic E-state index is 13.1. The lowest BCUT2D eigenvalue weighted by Gasteiger charge is -2.27. The molecule has 0 bridgehead atoms. The van der Waals surface area contributed by atoms with Crippen LogP contribution in [0.3, 0.4) is 0 Å². The Kier molecular flexibility index (Phi) is 7.23. The molecule has 31 heavy (non-hydrogen) atoms. The van der Waals surface area contributed by atoms with Gasteiger partial charge in [0.15, 0.2) is 11.5 Å². The average molecular weight is 447 g/mol. The summed E-state index contributed by atoms with van der Waals surface area (Å²) >= 11 is 0. The summed E-state index contributed by atoms with van der Waals surface area (Å²) in [6.07, 6.45) is 0.728. The topological polar surface area (TPSA) is 84.9 Å². The van der Waals surface area contributed by atoms with Crippen molar-refractivity contribution in [1.82, 2.24) is 9.62 Å². The summed E-state index contributed by atoms with van der Waals surface area (Å²) in [6, 6.07) is 11.4. The normalized spacial score (nSPS) is 14.7. The van der Waals surface area contributed by atoms with Gasteiger partial charge in [-0.3, -0.25) is 4.79 Å². The monoisotopic (exact) mass is 446 g/mol. The molecule has 7 nitrogen and oxygen atoms in total. The van der Waals surface area contributed by atoms with Crippen LogP contribution in [0.15, 0.2) is 47.4 Å². The van der Waals surface area contributed by atoms with Gasteiger partial charge in [-0.2, -0.15) is 4.72 Å². The fourth-order valence-electron chi connectivity index (χ4n) is 3.38. The third-order valence-electron chi connectivity index (χ3n) is 5.29. The van der Waals surface area contributed by atoms with E-state index in [0.717, 1.165) is 17.5 Å². The van der Waals surface area contributed by atoms with Crippen molar-refractivity contribution in [2.24, 2.45) is 5.92 Å². The van der Waals surface area contributed by atoms with Crippen molar-refractivity contribution in [2.45, 2.75) is 44.7 Å². The van der Waals surface area contributed by atoms with Crippen molar-refractivity contribution in [3.63, 3.8) is 0 Å². The Morgan fingerprint density at radius 3 is 2.45 bits per heavy atom. The predicted octanol–water partition coefficient (Wildman–Crippen LogP) is 3.12. The number of benzene rings is 2. The van der Waals surface area contributed by atoms with Crippen LogP contribution in [0, 0.1) is 12.8 Å². The zero-order chi connectivity index (χ0) is 22.6. The van der Waals surface area contributed by atoms with Crippen LogP contribution in [0.2, 0.25) is 0 Å². The van der Waals surface area contributed by atoms with E-state index in [1.165, 1.54) is 12.1 Å².